The van der Waals surface area contributed by atoms with Gasteiger partial charge in [-0.15, -0.1) is 0 Å². The van der Waals surface area contributed by atoms with Crippen molar-refractivity contribution in [3.8, 4) is 0 Å². The van der Waals surface area contributed by atoms with E-state index in [0.717, 1.165) is 13.8 Å². The molecule has 8 heteroatoms. The van der Waals surface area contributed by atoms with Crippen LogP contribution in [-0.2, 0) is 24.5 Å². The Morgan fingerprint density at radius 2 is 1.56 bits per heavy atom. The van der Waals surface area contributed by atoms with Crippen molar-refractivity contribution in [3.05, 3.63) is 0 Å². The highest BCUT2D eigenvalue weighted by molar-refractivity contribution is 7.96. The molecule has 0 aliphatic carbocycles. The minimum absolute atomic E-state index is 0.157. The van der Waals surface area contributed by atoms with Crippen LogP contribution in [0.25, 0.3) is 0 Å². The normalized spacial score (nSPS) is 13.7. The van der Waals surface area contributed by atoms with Gasteiger partial charge in [0.2, 0.25) is 0 Å². The van der Waals surface area contributed by atoms with Crippen LogP contribution in [0.15, 0.2) is 0 Å². The first kappa shape index (κ1) is 15.4. The van der Waals surface area contributed by atoms with Crippen LogP contribution in [0.2, 0.25) is 0 Å². The molecule has 1 N–H and O–H groups in total. The van der Waals surface area contributed by atoms with E-state index in [9.17, 15) is 21.6 Å². The van der Waals surface area contributed by atoms with Gasteiger partial charge in [-0.25, -0.2) is 16.8 Å². The second-order valence-electron chi connectivity index (χ2n) is 3.87. The molecule has 0 aromatic carbocycles. The lowest BCUT2D eigenvalue weighted by atomic mass is 10.2. The molecule has 0 atom stereocenters. The average Bonchev–Trinajstić information content (AvgIpc) is 2.15. The number of carbonyl (C=O) groups is 1. The fourth-order valence-corrected chi connectivity index (χ4v) is 3.73. The van der Waals surface area contributed by atoms with Gasteiger partial charge >= 0.3 is 5.97 Å². The molecule has 0 bridgehead atoms. The van der Waals surface area contributed by atoms with Crippen molar-refractivity contribution in [2.45, 2.75) is 25.5 Å². The van der Waals surface area contributed by atoms with E-state index in [2.05, 4.69) is 0 Å². The van der Waals surface area contributed by atoms with E-state index in [-0.39, 0.29) is 5.75 Å². The summed E-state index contributed by atoms with van der Waals surface area (Å²) in [6.45, 7) is 3.50. The first-order valence-electron chi connectivity index (χ1n) is 4.62. The fourth-order valence-electron chi connectivity index (χ4n) is 0.769. The minimum atomic E-state index is -3.98. The molecule has 0 heterocycles. The van der Waals surface area contributed by atoms with Crippen molar-refractivity contribution >= 4 is 25.6 Å². The maximum absolute atomic E-state index is 11.6. The van der Waals surface area contributed by atoms with Crippen molar-refractivity contribution in [1.82, 2.24) is 0 Å². The average molecular weight is 272 g/mol. The molecule has 0 aromatic heterocycles. The monoisotopic (exact) mass is 272 g/mol. The highest BCUT2D eigenvalue weighted by Gasteiger charge is 2.41. The first-order valence-corrected chi connectivity index (χ1v) is 8.10. The molecule has 0 aliphatic rings. The molecule has 96 valence electrons. The SMILES string of the molecule is CCS(=O)(=O)CCS(=O)(=O)C(C)(C)C(=O)O. The Morgan fingerprint density at radius 1 is 1.12 bits per heavy atom. The smallest absolute Gasteiger partial charge is 0.324 e. The molecule has 0 radical (unpaired) electrons. The van der Waals surface area contributed by atoms with Crippen LogP contribution in [0.1, 0.15) is 20.8 Å². The third-order valence-corrected chi connectivity index (χ3v) is 6.83. The van der Waals surface area contributed by atoms with E-state index < -0.39 is 41.9 Å². The van der Waals surface area contributed by atoms with Gasteiger partial charge in [-0.2, -0.15) is 0 Å². The van der Waals surface area contributed by atoms with Crippen molar-refractivity contribution in [1.29, 1.82) is 0 Å². The Balaban J connectivity index is 4.94. The zero-order chi connectivity index (χ0) is 13.2. The van der Waals surface area contributed by atoms with Crippen molar-refractivity contribution in [2.24, 2.45) is 0 Å². The van der Waals surface area contributed by atoms with Gasteiger partial charge in [0.25, 0.3) is 0 Å². The number of hydrogen-bond donors (Lipinski definition) is 1. The van der Waals surface area contributed by atoms with Crippen LogP contribution < -0.4 is 0 Å². The standard InChI is InChI=1S/C8H16O6S2/c1-4-15(11,12)5-6-16(13,14)8(2,3)7(9)10/h4-6H2,1-3H3,(H,9,10). The van der Waals surface area contributed by atoms with Gasteiger partial charge in [-0.05, 0) is 13.8 Å². The van der Waals surface area contributed by atoms with E-state index in [1.54, 1.807) is 0 Å². The van der Waals surface area contributed by atoms with Crippen LogP contribution in [0.4, 0.5) is 0 Å². The molecular weight excluding hydrogens is 256 g/mol. The van der Waals surface area contributed by atoms with Crippen LogP contribution in [-0.4, -0.2) is 49.9 Å². The second-order valence-corrected chi connectivity index (χ2v) is 9.00. The Morgan fingerprint density at radius 3 is 1.88 bits per heavy atom. The van der Waals surface area contributed by atoms with Gasteiger partial charge in [0.1, 0.15) is 0 Å². The number of aliphatic carboxylic acids is 1. The molecule has 6 nitrogen and oxygen atoms in total. The maximum Gasteiger partial charge on any atom is 0.324 e. The van der Waals surface area contributed by atoms with Gasteiger partial charge in [-0.3, -0.25) is 4.79 Å². The number of hydrogen-bond acceptors (Lipinski definition) is 5. The van der Waals surface area contributed by atoms with E-state index >= 15 is 0 Å². The summed E-state index contributed by atoms with van der Waals surface area (Å²) in [4.78, 5) is 10.7. The largest absolute Gasteiger partial charge is 0.480 e. The summed E-state index contributed by atoms with van der Waals surface area (Å²) in [5, 5.41) is 8.73. The molecule has 0 spiro atoms. The summed E-state index contributed by atoms with van der Waals surface area (Å²) >= 11 is 0. The maximum atomic E-state index is 11.6. The zero-order valence-electron chi connectivity index (χ0n) is 9.43. The van der Waals surface area contributed by atoms with E-state index in [0.29, 0.717) is 0 Å². The third kappa shape index (κ3) is 3.44. The molecule has 0 aromatic rings. The molecule has 0 saturated carbocycles. The lowest BCUT2D eigenvalue weighted by molar-refractivity contribution is -0.139. The Hall–Kier alpha value is -0.630. The molecule has 0 rings (SSSR count). The van der Waals surface area contributed by atoms with Crippen molar-refractivity contribution < 1.29 is 26.7 Å². The van der Waals surface area contributed by atoms with Crippen LogP contribution in [0.5, 0.6) is 0 Å². The van der Waals surface area contributed by atoms with Crippen molar-refractivity contribution in [2.75, 3.05) is 17.3 Å². The minimum Gasteiger partial charge on any atom is -0.480 e. The predicted octanol–water partition coefficient (Wildman–Crippen LogP) is -0.301. The number of carboxylic acid groups (broad SMARTS) is 1. The van der Waals surface area contributed by atoms with Gasteiger partial charge in [0, 0.05) is 5.75 Å². The first-order chi connectivity index (χ1) is 6.96. The number of sulfone groups is 2. The number of carboxylic acids is 1. The van der Waals surface area contributed by atoms with Gasteiger partial charge in [0.05, 0.1) is 11.5 Å². The highest BCUT2D eigenvalue weighted by Crippen LogP contribution is 2.18. The summed E-state index contributed by atoms with van der Waals surface area (Å²) in [5.41, 5.74) is 0. The quantitative estimate of drug-likeness (QED) is 0.711. The summed E-state index contributed by atoms with van der Waals surface area (Å²) in [6.07, 6.45) is 0. The molecule has 0 aliphatic heterocycles. The van der Waals surface area contributed by atoms with Crippen LogP contribution in [0.3, 0.4) is 0 Å². The lowest BCUT2D eigenvalue weighted by Crippen LogP contribution is -2.43. The van der Waals surface area contributed by atoms with E-state index in [4.69, 9.17) is 5.11 Å². The Labute approximate surface area is 95.5 Å². The molecule has 0 amide bonds. The molecule has 16 heavy (non-hydrogen) atoms. The fraction of sp³-hybridized carbons (Fsp3) is 0.875. The van der Waals surface area contributed by atoms with Crippen LogP contribution in [0, 0.1) is 0 Å². The highest BCUT2D eigenvalue weighted by atomic mass is 32.2. The Kier molecular flexibility index (Phi) is 4.52. The molecule has 0 fully saturated rings. The predicted molar refractivity (Wildman–Crippen MR) is 59.8 cm³/mol. The second kappa shape index (κ2) is 4.70. The topological polar surface area (TPSA) is 106 Å². The van der Waals surface area contributed by atoms with E-state index in [1.165, 1.54) is 6.92 Å². The Bertz CT molecular complexity index is 457. The molecule has 0 saturated heterocycles. The van der Waals surface area contributed by atoms with Gasteiger partial charge in [0.15, 0.2) is 24.4 Å². The third-order valence-electron chi connectivity index (χ3n) is 2.40. The lowest BCUT2D eigenvalue weighted by Gasteiger charge is -2.19. The summed E-state index contributed by atoms with van der Waals surface area (Å²) in [6, 6.07) is 0. The van der Waals surface area contributed by atoms with E-state index in [1.807, 2.05) is 0 Å². The number of rotatable bonds is 6. The van der Waals surface area contributed by atoms with Gasteiger partial charge in [-0.1, -0.05) is 6.92 Å². The molecular formula is C8H16O6S2. The zero-order valence-corrected chi connectivity index (χ0v) is 11.1. The van der Waals surface area contributed by atoms with Crippen LogP contribution >= 0.6 is 0 Å². The summed E-state index contributed by atoms with van der Waals surface area (Å²) in [7, 11) is -7.39. The summed E-state index contributed by atoms with van der Waals surface area (Å²) in [5.74, 6) is -2.84. The molecule has 0 unspecified atom stereocenters. The van der Waals surface area contributed by atoms with Gasteiger partial charge < -0.3 is 5.11 Å². The van der Waals surface area contributed by atoms with Crippen molar-refractivity contribution in [3.63, 3.8) is 0 Å². The summed E-state index contributed by atoms with van der Waals surface area (Å²) < 4.78 is 43.5.